The first-order valence-electron chi connectivity index (χ1n) is 12.0. The number of hydrogen-bond acceptors (Lipinski definition) is 7. The van der Waals surface area contributed by atoms with Gasteiger partial charge < -0.3 is 9.47 Å². The van der Waals surface area contributed by atoms with E-state index in [1.807, 2.05) is 78.2 Å². The molecule has 1 unspecified atom stereocenters. The Hall–Kier alpha value is -3.75. The Morgan fingerprint density at radius 3 is 2.57 bits per heavy atom. The van der Waals surface area contributed by atoms with Gasteiger partial charge in [-0.25, -0.2) is 9.79 Å². The van der Waals surface area contributed by atoms with Gasteiger partial charge in [-0.3, -0.25) is 9.36 Å². The summed E-state index contributed by atoms with van der Waals surface area (Å²) in [7, 11) is 0. The number of thiophene rings is 1. The summed E-state index contributed by atoms with van der Waals surface area (Å²) in [5, 5.41) is 1.97. The SMILES string of the molecule is CCCOc1ccc(C2C(C(=O)OCc3ccccc3)=C(C)N=c3s/c(=C\c4cccs4)c(=O)n32)cc1. The van der Waals surface area contributed by atoms with Crippen molar-refractivity contribution >= 4 is 34.7 Å². The molecule has 6 nitrogen and oxygen atoms in total. The van der Waals surface area contributed by atoms with Gasteiger partial charge in [-0.05, 0) is 54.1 Å². The third-order valence-corrected chi connectivity index (χ3v) is 7.74. The summed E-state index contributed by atoms with van der Waals surface area (Å²) in [6.07, 6.45) is 2.78. The molecule has 3 heterocycles. The van der Waals surface area contributed by atoms with Crippen molar-refractivity contribution < 1.29 is 14.3 Å². The molecule has 188 valence electrons. The van der Waals surface area contributed by atoms with Crippen molar-refractivity contribution in [3.8, 4) is 5.75 Å². The highest BCUT2D eigenvalue weighted by atomic mass is 32.1. The molecule has 0 amide bonds. The van der Waals surface area contributed by atoms with Crippen molar-refractivity contribution in [3.63, 3.8) is 0 Å². The van der Waals surface area contributed by atoms with E-state index in [1.54, 1.807) is 22.8 Å². The largest absolute Gasteiger partial charge is 0.494 e. The van der Waals surface area contributed by atoms with Gasteiger partial charge in [0.2, 0.25) is 0 Å². The summed E-state index contributed by atoms with van der Waals surface area (Å²) < 4.78 is 13.6. The third kappa shape index (κ3) is 5.35. The lowest BCUT2D eigenvalue weighted by Crippen LogP contribution is -2.39. The Labute approximate surface area is 222 Å². The number of ether oxygens (including phenoxy) is 2. The van der Waals surface area contributed by atoms with E-state index in [0.717, 1.165) is 28.2 Å². The number of esters is 1. The van der Waals surface area contributed by atoms with Gasteiger partial charge in [0.25, 0.3) is 5.56 Å². The average molecular weight is 531 g/mol. The Bertz CT molecular complexity index is 1600. The van der Waals surface area contributed by atoms with Crippen LogP contribution in [0.25, 0.3) is 6.08 Å². The van der Waals surface area contributed by atoms with Crippen LogP contribution in [0, 0.1) is 0 Å². The van der Waals surface area contributed by atoms with Gasteiger partial charge in [-0.2, -0.15) is 0 Å². The Kier molecular flexibility index (Phi) is 7.48. The minimum absolute atomic E-state index is 0.135. The molecule has 0 N–H and O–H groups in total. The number of fused-ring (bicyclic) bond motifs is 1. The molecule has 8 heteroatoms. The smallest absolute Gasteiger partial charge is 0.338 e. The number of benzene rings is 2. The lowest BCUT2D eigenvalue weighted by atomic mass is 9.96. The Balaban J connectivity index is 1.58. The van der Waals surface area contributed by atoms with Crippen LogP contribution in [0.3, 0.4) is 0 Å². The standard InChI is InChI=1S/C29H26N2O4S2/c1-3-15-34-22-13-11-21(12-14-22)26-25(28(33)35-18-20-8-5-4-6-9-20)19(2)30-29-31(26)27(32)24(37-29)17-23-10-7-16-36-23/h4-14,16-17,26H,3,15,18H2,1-2H3/b24-17-. The number of rotatable bonds is 8. The molecule has 0 aliphatic carbocycles. The molecule has 0 bridgehead atoms. The van der Waals surface area contributed by atoms with E-state index < -0.39 is 12.0 Å². The summed E-state index contributed by atoms with van der Waals surface area (Å²) in [6, 6.07) is 20.3. The normalized spacial score (nSPS) is 15.3. The third-order valence-electron chi connectivity index (χ3n) is 5.94. The summed E-state index contributed by atoms with van der Waals surface area (Å²) >= 11 is 2.89. The molecule has 1 aliphatic rings. The van der Waals surface area contributed by atoms with Gasteiger partial charge in [-0.15, -0.1) is 11.3 Å². The molecule has 5 rings (SSSR count). The Morgan fingerprint density at radius 1 is 1.08 bits per heavy atom. The molecule has 0 radical (unpaired) electrons. The van der Waals surface area contributed by atoms with Crippen LogP contribution >= 0.6 is 22.7 Å². The van der Waals surface area contributed by atoms with E-state index >= 15 is 0 Å². The highest BCUT2D eigenvalue weighted by molar-refractivity contribution is 7.11. The number of carbonyl (C=O) groups is 1. The van der Waals surface area contributed by atoms with Gasteiger partial charge in [0.1, 0.15) is 12.4 Å². The van der Waals surface area contributed by atoms with Gasteiger partial charge in [0.15, 0.2) is 4.80 Å². The molecule has 0 fully saturated rings. The van der Waals surface area contributed by atoms with Crippen LogP contribution in [0.2, 0.25) is 0 Å². The number of thiazole rings is 1. The average Bonchev–Trinajstić information content (AvgIpc) is 3.54. The predicted molar refractivity (Wildman–Crippen MR) is 147 cm³/mol. The van der Waals surface area contributed by atoms with Crippen molar-refractivity contribution in [2.45, 2.75) is 32.9 Å². The number of hydrogen-bond donors (Lipinski definition) is 0. The Morgan fingerprint density at radius 2 is 1.86 bits per heavy atom. The van der Waals surface area contributed by atoms with E-state index in [1.165, 1.54) is 11.3 Å². The molecule has 37 heavy (non-hydrogen) atoms. The highest BCUT2D eigenvalue weighted by Crippen LogP contribution is 2.32. The minimum atomic E-state index is -0.662. The van der Waals surface area contributed by atoms with E-state index in [0.29, 0.717) is 27.2 Å². The molecule has 4 aromatic rings. The van der Waals surface area contributed by atoms with Gasteiger partial charge in [0, 0.05) is 4.88 Å². The first kappa shape index (κ1) is 24.9. The second-order valence-corrected chi connectivity index (χ2v) is 10.6. The zero-order chi connectivity index (χ0) is 25.8. The second kappa shape index (κ2) is 11.1. The second-order valence-electron chi connectivity index (χ2n) is 8.58. The van der Waals surface area contributed by atoms with Crippen LogP contribution in [0.5, 0.6) is 5.75 Å². The van der Waals surface area contributed by atoms with Crippen LogP contribution in [0.15, 0.2) is 93.2 Å². The lowest BCUT2D eigenvalue weighted by molar-refractivity contribution is -0.140. The van der Waals surface area contributed by atoms with Crippen molar-refractivity contribution in [2.75, 3.05) is 6.61 Å². The zero-order valence-electron chi connectivity index (χ0n) is 20.5. The molecule has 1 atom stereocenters. The quantitative estimate of drug-likeness (QED) is 0.306. The number of aromatic nitrogens is 1. The first-order valence-corrected chi connectivity index (χ1v) is 13.7. The van der Waals surface area contributed by atoms with Gasteiger partial charge in [-0.1, -0.05) is 66.8 Å². The molecule has 0 spiro atoms. The van der Waals surface area contributed by atoms with Crippen LogP contribution in [0.1, 0.15) is 42.3 Å². The van der Waals surface area contributed by atoms with E-state index in [4.69, 9.17) is 9.47 Å². The summed E-state index contributed by atoms with van der Waals surface area (Å²) in [6.45, 7) is 4.60. The van der Waals surface area contributed by atoms with Crippen molar-refractivity contribution in [2.24, 2.45) is 4.99 Å². The van der Waals surface area contributed by atoms with Crippen LogP contribution < -0.4 is 19.6 Å². The maximum absolute atomic E-state index is 13.7. The van der Waals surface area contributed by atoms with Crippen LogP contribution in [-0.4, -0.2) is 17.1 Å². The van der Waals surface area contributed by atoms with E-state index in [2.05, 4.69) is 11.9 Å². The maximum atomic E-state index is 13.7. The summed E-state index contributed by atoms with van der Waals surface area (Å²) in [5.74, 6) is 0.249. The topological polar surface area (TPSA) is 69.9 Å². The summed E-state index contributed by atoms with van der Waals surface area (Å²) in [5.41, 5.74) is 2.38. The fourth-order valence-corrected chi connectivity index (χ4v) is 5.94. The van der Waals surface area contributed by atoms with Crippen LogP contribution in [-0.2, 0) is 16.1 Å². The van der Waals surface area contributed by atoms with Gasteiger partial charge in [0.05, 0.1) is 28.5 Å². The predicted octanol–water partition coefficient (Wildman–Crippen LogP) is 4.83. The zero-order valence-corrected chi connectivity index (χ0v) is 22.2. The van der Waals surface area contributed by atoms with Crippen molar-refractivity contribution in [1.82, 2.24) is 4.57 Å². The number of nitrogens with zero attached hydrogens (tertiary/aromatic N) is 2. The molecule has 1 aliphatic heterocycles. The maximum Gasteiger partial charge on any atom is 0.338 e. The van der Waals surface area contributed by atoms with Crippen molar-refractivity contribution in [1.29, 1.82) is 0 Å². The molecule has 0 saturated carbocycles. The van der Waals surface area contributed by atoms with Crippen molar-refractivity contribution in [3.05, 3.63) is 119 Å². The summed E-state index contributed by atoms with van der Waals surface area (Å²) in [4.78, 5) is 33.4. The molecule has 2 aromatic heterocycles. The first-order chi connectivity index (χ1) is 18.0. The minimum Gasteiger partial charge on any atom is -0.494 e. The molecule has 0 saturated heterocycles. The van der Waals surface area contributed by atoms with Gasteiger partial charge >= 0.3 is 5.97 Å². The molecule has 2 aromatic carbocycles. The van der Waals surface area contributed by atoms with E-state index in [9.17, 15) is 9.59 Å². The lowest BCUT2D eigenvalue weighted by Gasteiger charge is -2.25. The monoisotopic (exact) mass is 530 g/mol. The number of carbonyl (C=O) groups excluding carboxylic acids is 1. The number of allylic oxidation sites excluding steroid dienone is 1. The molecular weight excluding hydrogens is 504 g/mol. The van der Waals surface area contributed by atoms with E-state index in [-0.39, 0.29) is 12.2 Å². The molecular formula is C29H26N2O4S2. The highest BCUT2D eigenvalue weighted by Gasteiger charge is 2.33. The van der Waals surface area contributed by atoms with Crippen LogP contribution in [0.4, 0.5) is 0 Å². The fourth-order valence-electron chi connectivity index (χ4n) is 4.17. The fraction of sp³-hybridized carbons (Fsp3) is 0.207.